The van der Waals surface area contributed by atoms with Crippen LogP contribution in [0.3, 0.4) is 0 Å². The number of aromatic nitrogens is 1. The molecule has 34 heavy (non-hydrogen) atoms. The molecule has 0 bridgehead atoms. The predicted molar refractivity (Wildman–Crippen MR) is 131 cm³/mol. The number of Topliss-reactive ketones (excluding diaryl/α,β-unsaturated/α-hetero) is 1. The first-order chi connectivity index (χ1) is 16.2. The van der Waals surface area contributed by atoms with E-state index in [0.29, 0.717) is 23.8 Å². The molecule has 1 fully saturated rings. The summed E-state index contributed by atoms with van der Waals surface area (Å²) in [6, 6.07) is 15.1. The van der Waals surface area contributed by atoms with Crippen LogP contribution >= 0.6 is 11.3 Å². The number of anilines is 1. The quantitative estimate of drug-likeness (QED) is 0.454. The maximum atomic E-state index is 13.2. The summed E-state index contributed by atoms with van der Waals surface area (Å²) >= 11 is 1.41. The lowest BCUT2D eigenvalue weighted by molar-refractivity contribution is -0.123. The van der Waals surface area contributed by atoms with Gasteiger partial charge >= 0.3 is 0 Å². The first-order valence-electron chi connectivity index (χ1n) is 11.3. The van der Waals surface area contributed by atoms with Gasteiger partial charge in [0, 0.05) is 42.1 Å². The topological polar surface area (TPSA) is 82.5 Å². The Balaban J connectivity index is 1.51. The van der Waals surface area contributed by atoms with Gasteiger partial charge in [-0.15, -0.1) is 0 Å². The highest BCUT2D eigenvalue weighted by Gasteiger charge is 2.32. The molecular weight excluding hydrogens is 453 g/mol. The molecule has 0 aliphatic carbocycles. The molecule has 178 valence electrons. The number of hydrogen-bond acceptors (Lipinski definition) is 6. The number of nitrogens with one attached hydrogen (secondary N) is 1. The number of thiazole rings is 1. The van der Waals surface area contributed by atoms with Crippen molar-refractivity contribution in [3.05, 3.63) is 70.9 Å². The molecule has 1 aliphatic heterocycles. The summed E-state index contributed by atoms with van der Waals surface area (Å²) in [5.74, 6) is -0.942. The molecule has 0 spiro atoms. The Labute approximate surface area is 202 Å². The van der Waals surface area contributed by atoms with Crippen molar-refractivity contribution < 1.29 is 19.1 Å². The van der Waals surface area contributed by atoms with Crippen LogP contribution in [0.2, 0.25) is 0 Å². The fourth-order valence-corrected chi connectivity index (χ4v) is 5.00. The van der Waals surface area contributed by atoms with Gasteiger partial charge in [-0.3, -0.25) is 14.5 Å². The van der Waals surface area contributed by atoms with Crippen molar-refractivity contribution in [1.29, 1.82) is 0 Å². The molecule has 6 nitrogen and oxygen atoms in total. The zero-order valence-electron chi connectivity index (χ0n) is 19.3. The zero-order chi connectivity index (χ0) is 24.3. The molecule has 1 atom stereocenters. The minimum atomic E-state index is -0.983. The fourth-order valence-electron chi connectivity index (χ4n) is 3.98. The average Bonchev–Trinajstić information content (AvgIpc) is 3.40. The van der Waals surface area contributed by atoms with E-state index in [9.17, 15) is 19.1 Å². The number of rotatable bonds is 8. The van der Waals surface area contributed by atoms with Gasteiger partial charge in [0.1, 0.15) is 5.82 Å². The van der Waals surface area contributed by atoms with E-state index in [1.807, 2.05) is 30.3 Å². The zero-order valence-corrected chi connectivity index (χ0v) is 20.1. The Kier molecular flexibility index (Phi) is 7.21. The fraction of sp³-hybridized carbons (Fsp3) is 0.346. The van der Waals surface area contributed by atoms with Gasteiger partial charge in [0.05, 0.1) is 17.2 Å². The monoisotopic (exact) mass is 481 g/mol. The van der Waals surface area contributed by atoms with Crippen LogP contribution in [0.4, 0.5) is 9.52 Å². The van der Waals surface area contributed by atoms with Gasteiger partial charge in [0.15, 0.2) is 10.9 Å². The second-order valence-electron chi connectivity index (χ2n) is 9.28. The number of aliphatic hydroxyl groups excluding tert-OH is 1. The third-order valence-electron chi connectivity index (χ3n) is 5.96. The van der Waals surface area contributed by atoms with E-state index in [4.69, 9.17) is 4.98 Å². The first kappa shape index (κ1) is 24.2. The van der Waals surface area contributed by atoms with Crippen molar-refractivity contribution in [2.45, 2.75) is 39.3 Å². The maximum Gasteiger partial charge on any atom is 0.232 e. The van der Waals surface area contributed by atoms with Gasteiger partial charge in [-0.05, 0) is 30.7 Å². The molecule has 2 aromatic carbocycles. The Morgan fingerprint density at radius 1 is 1.18 bits per heavy atom. The van der Waals surface area contributed by atoms with Crippen LogP contribution in [0.1, 0.15) is 41.9 Å². The third kappa shape index (κ3) is 5.75. The second-order valence-corrected chi connectivity index (χ2v) is 10.4. The number of likely N-dealkylation sites (tertiary alicyclic amines) is 1. The molecular formula is C26H28FN3O3S. The molecule has 1 aliphatic rings. The van der Waals surface area contributed by atoms with Crippen LogP contribution in [0.25, 0.3) is 11.3 Å². The normalized spacial score (nSPS) is 16.5. The van der Waals surface area contributed by atoms with E-state index < -0.39 is 11.2 Å². The highest BCUT2D eigenvalue weighted by Crippen LogP contribution is 2.34. The van der Waals surface area contributed by atoms with Gasteiger partial charge in [-0.1, -0.05) is 55.5 Å². The smallest absolute Gasteiger partial charge is 0.232 e. The second kappa shape index (κ2) is 10.1. The summed E-state index contributed by atoms with van der Waals surface area (Å²) in [6.07, 6.45) is 0.422. The highest BCUT2D eigenvalue weighted by molar-refractivity contribution is 7.16. The molecule has 3 aromatic rings. The first-order valence-corrected chi connectivity index (χ1v) is 12.1. The number of halogens is 1. The van der Waals surface area contributed by atoms with Crippen molar-refractivity contribution in [1.82, 2.24) is 9.88 Å². The van der Waals surface area contributed by atoms with Crippen LogP contribution in [0, 0.1) is 11.2 Å². The SMILES string of the molecule is CC(C)(CC(=O)c1ccc(F)cc1)C(=O)Nc1nc(-c2ccccc2)c(CN2CC[C@H](O)C2)s1. The van der Waals surface area contributed by atoms with Crippen LogP contribution in [-0.2, 0) is 11.3 Å². The van der Waals surface area contributed by atoms with Crippen molar-refractivity contribution in [3.63, 3.8) is 0 Å². The number of carbonyl (C=O) groups is 2. The Morgan fingerprint density at radius 2 is 1.88 bits per heavy atom. The number of benzene rings is 2. The van der Waals surface area contributed by atoms with Crippen molar-refractivity contribution in [3.8, 4) is 11.3 Å². The number of β-amino-alcohol motifs (C(OH)–C–C–N with tert-alkyl or cyclic N) is 1. The number of aliphatic hydroxyl groups is 1. The van der Waals surface area contributed by atoms with Gasteiger partial charge in [0.25, 0.3) is 0 Å². The van der Waals surface area contributed by atoms with Crippen LogP contribution in [-0.4, -0.2) is 45.9 Å². The summed E-state index contributed by atoms with van der Waals surface area (Å²) in [5.41, 5.74) is 1.16. The molecule has 1 saturated heterocycles. The number of amides is 1. The van der Waals surface area contributed by atoms with Crippen LogP contribution < -0.4 is 5.32 Å². The maximum absolute atomic E-state index is 13.2. The van der Waals surface area contributed by atoms with Crippen molar-refractivity contribution in [2.24, 2.45) is 5.41 Å². The molecule has 0 saturated carbocycles. The summed E-state index contributed by atoms with van der Waals surface area (Å²) in [6.45, 7) is 5.49. The lowest BCUT2D eigenvalue weighted by Crippen LogP contribution is -2.33. The summed E-state index contributed by atoms with van der Waals surface area (Å²) < 4.78 is 13.2. The van der Waals surface area contributed by atoms with E-state index in [-0.39, 0.29) is 24.2 Å². The predicted octanol–water partition coefficient (Wildman–Crippen LogP) is 4.75. The lowest BCUT2D eigenvalue weighted by atomic mass is 9.84. The standard InChI is InChI=1S/C26H28FN3O3S/c1-26(2,14-21(32)17-8-10-19(27)11-9-17)24(33)29-25-28-23(18-6-4-3-5-7-18)22(34-25)16-30-13-12-20(31)15-30/h3-11,20,31H,12-16H2,1-2H3,(H,28,29,33)/t20-/m0/s1. The van der Waals surface area contributed by atoms with Crippen molar-refractivity contribution >= 4 is 28.2 Å². The molecule has 4 rings (SSSR count). The van der Waals surface area contributed by atoms with E-state index in [0.717, 1.165) is 29.1 Å². The van der Waals surface area contributed by atoms with Gasteiger partial charge in [-0.25, -0.2) is 9.37 Å². The van der Waals surface area contributed by atoms with Gasteiger partial charge in [-0.2, -0.15) is 0 Å². The summed E-state index contributed by atoms with van der Waals surface area (Å²) in [4.78, 5) is 33.7. The lowest BCUT2D eigenvalue weighted by Gasteiger charge is -2.22. The summed E-state index contributed by atoms with van der Waals surface area (Å²) in [7, 11) is 0. The average molecular weight is 482 g/mol. The number of nitrogens with zero attached hydrogens (tertiary/aromatic N) is 2. The number of carbonyl (C=O) groups excluding carboxylic acids is 2. The Hall–Kier alpha value is -2.94. The minimum absolute atomic E-state index is 0.0140. The molecule has 2 N–H and O–H groups in total. The van der Waals surface area contributed by atoms with E-state index in [2.05, 4.69) is 10.2 Å². The number of ketones is 1. The summed E-state index contributed by atoms with van der Waals surface area (Å²) in [5, 5.41) is 13.3. The van der Waals surface area contributed by atoms with E-state index >= 15 is 0 Å². The molecule has 2 heterocycles. The third-order valence-corrected chi connectivity index (χ3v) is 6.92. The highest BCUT2D eigenvalue weighted by atomic mass is 32.1. The molecule has 0 unspecified atom stereocenters. The molecule has 1 aromatic heterocycles. The minimum Gasteiger partial charge on any atom is -0.392 e. The number of hydrogen-bond donors (Lipinski definition) is 2. The Bertz CT molecular complexity index is 1160. The molecule has 8 heteroatoms. The molecule has 1 amide bonds. The van der Waals surface area contributed by atoms with Gasteiger partial charge < -0.3 is 10.4 Å². The largest absolute Gasteiger partial charge is 0.392 e. The van der Waals surface area contributed by atoms with Crippen LogP contribution in [0.15, 0.2) is 54.6 Å². The van der Waals surface area contributed by atoms with E-state index in [1.54, 1.807) is 13.8 Å². The molecule has 0 radical (unpaired) electrons. The van der Waals surface area contributed by atoms with Crippen molar-refractivity contribution in [2.75, 3.05) is 18.4 Å². The Morgan fingerprint density at radius 3 is 2.53 bits per heavy atom. The van der Waals surface area contributed by atoms with Crippen LogP contribution in [0.5, 0.6) is 0 Å². The van der Waals surface area contributed by atoms with Gasteiger partial charge in [0.2, 0.25) is 5.91 Å². The van der Waals surface area contributed by atoms with E-state index in [1.165, 1.54) is 35.6 Å².